The van der Waals surface area contributed by atoms with Crippen LogP contribution in [0.1, 0.15) is 28.2 Å². The number of hydrogen-bond donors (Lipinski definition) is 4. The number of halogens is 2. The van der Waals surface area contributed by atoms with Gasteiger partial charge in [0, 0.05) is 24.8 Å². The number of nitrogens with two attached hydrogens (primary N) is 2. The molecule has 0 fully saturated rings. The van der Waals surface area contributed by atoms with Gasteiger partial charge in [0.1, 0.15) is 18.2 Å². The van der Waals surface area contributed by atoms with Crippen LogP contribution in [0.15, 0.2) is 80.7 Å². The van der Waals surface area contributed by atoms with E-state index in [0.717, 1.165) is 0 Å². The molecular weight excluding hydrogens is 515 g/mol. The second kappa shape index (κ2) is 15.3. The molecule has 1 aliphatic heterocycles. The second-order valence-corrected chi connectivity index (χ2v) is 5.90. The number of aliphatic imine (C=N–C) groups is 2. The summed E-state index contributed by atoms with van der Waals surface area (Å²) in [6.45, 7) is 0.452. The Bertz CT molecular complexity index is 1250. The lowest BCUT2D eigenvalue weighted by Gasteiger charge is -1.92. The van der Waals surface area contributed by atoms with E-state index in [4.69, 9.17) is 21.4 Å². The SMILES string of the molecule is Cl.Cl.N=C(N)c1ncccn1.NNC(=O)c1ncco1.c1cnc(C2=NCC(c3ncco3)=N2)nc1. The minimum absolute atomic E-state index is 0. The van der Waals surface area contributed by atoms with Crippen molar-refractivity contribution in [1.29, 1.82) is 5.41 Å². The van der Waals surface area contributed by atoms with Crippen LogP contribution in [0, 0.1) is 5.41 Å². The first-order chi connectivity index (χ1) is 16.6. The molecule has 0 radical (unpaired) electrons. The van der Waals surface area contributed by atoms with Crippen molar-refractivity contribution in [2.24, 2.45) is 21.6 Å². The zero-order valence-electron chi connectivity index (χ0n) is 18.3. The Hall–Kier alpha value is -4.60. The predicted octanol–water partition coefficient (Wildman–Crippen LogP) is 0.596. The normalized spacial score (nSPS) is 11.0. The minimum atomic E-state index is -0.528. The Labute approximate surface area is 215 Å². The summed E-state index contributed by atoms with van der Waals surface area (Å²) in [5.41, 5.74) is 7.65. The Balaban J connectivity index is 0.000000282. The molecule has 0 aliphatic carbocycles. The highest BCUT2D eigenvalue weighted by molar-refractivity contribution is 6.14. The molecule has 15 nitrogen and oxygen atoms in total. The number of rotatable bonds is 4. The van der Waals surface area contributed by atoms with Gasteiger partial charge in [-0.05, 0) is 12.1 Å². The molecule has 17 heteroatoms. The van der Waals surface area contributed by atoms with Gasteiger partial charge in [-0.3, -0.25) is 20.6 Å². The highest BCUT2D eigenvalue weighted by atomic mass is 35.5. The molecule has 1 aliphatic rings. The first kappa shape index (κ1) is 29.4. The van der Waals surface area contributed by atoms with Crippen LogP contribution in [0.3, 0.4) is 0 Å². The summed E-state index contributed by atoms with van der Waals surface area (Å²) in [5, 5.41) is 6.89. The number of hydrogen-bond acceptors (Lipinski definition) is 13. The summed E-state index contributed by atoms with van der Waals surface area (Å²) in [7, 11) is 0. The van der Waals surface area contributed by atoms with Crippen LogP contribution in [0.25, 0.3) is 0 Å². The summed E-state index contributed by atoms with van der Waals surface area (Å²) in [4.78, 5) is 42.1. The number of hydrazine groups is 1. The number of aromatic nitrogens is 6. The van der Waals surface area contributed by atoms with E-state index >= 15 is 0 Å². The zero-order chi connectivity index (χ0) is 24.2. The molecule has 1 amide bonds. The molecule has 0 saturated heterocycles. The monoisotopic (exact) mass is 534 g/mol. The largest absolute Gasteiger partial charge is 0.444 e. The van der Waals surface area contributed by atoms with Gasteiger partial charge in [0.05, 0.1) is 18.9 Å². The van der Waals surface area contributed by atoms with Gasteiger partial charge in [-0.15, -0.1) is 24.8 Å². The number of carbonyl (C=O) groups excluding carboxylic acids is 1. The van der Waals surface area contributed by atoms with Crippen LogP contribution < -0.4 is 17.0 Å². The van der Waals surface area contributed by atoms with E-state index in [0.29, 0.717) is 29.8 Å². The Morgan fingerprint density at radius 1 is 0.889 bits per heavy atom. The van der Waals surface area contributed by atoms with Crippen LogP contribution in [0.4, 0.5) is 0 Å². The van der Waals surface area contributed by atoms with E-state index in [1.807, 2.05) is 5.43 Å². The lowest BCUT2D eigenvalue weighted by atomic mass is 10.4. The van der Waals surface area contributed by atoms with Gasteiger partial charge < -0.3 is 14.6 Å². The van der Waals surface area contributed by atoms with Crippen molar-refractivity contribution in [1.82, 2.24) is 35.3 Å². The quantitative estimate of drug-likeness (QED) is 0.0928. The third-order valence-electron chi connectivity index (χ3n) is 3.63. The van der Waals surface area contributed by atoms with Crippen molar-refractivity contribution in [3.05, 3.63) is 85.3 Å². The second-order valence-electron chi connectivity index (χ2n) is 5.90. The van der Waals surface area contributed by atoms with Gasteiger partial charge in [-0.25, -0.2) is 40.7 Å². The van der Waals surface area contributed by atoms with Gasteiger partial charge in [-0.2, -0.15) is 0 Å². The fourth-order valence-electron chi connectivity index (χ4n) is 2.20. The van der Waals surface area contributed by atoms with E-state index < -0.39 is 5.91 Å². The van der Waals surface area contributed by atoms with Crippen molar-refractivity contribution in [3.8, 4) is 0 Å². The summed E-state index contributed by atoms with van der Waals surface area (Å²) in [6.07, 6.45) is 12.2. The lowest BCUT2D eigenvalue weighted by Crippen LogP contribution is -2.30. The van der Waals surface area contributed by atoms with Crippen LogP contribution in [0.5, 0.6) is 0 Å². The van der Waals surface area contributed by atoms with Crippen molar-refractivity contribution >= 4 is 48.1 Å². The number of carbonyl (C=O) groups is 1. The van der Waals surface area contributed by atoms with E-state index in [9.17, 15) is 4.79 Å². The molecule has 0 aromatic carbocycles. The maximum absolute atomic E-state index is 10.5. The van der Waals surface area contributed by atoms with Gasteiger partial charge in [-0.1, -0.05) is 0 Å². The average Bonchev–Trinajstić information content (AvgIpc) is 3.67. The summed E-state index contributed by atoms with van der Waals surface area (Å²) in [6, 6.07) is 3.42. The molecule has 4 aromatic heterocycles. The third kappa shape index (κ3) is 8.64. The van der Waals surface area contributed by atoms with Crippen LogP contribution in [-0.4, -0.2) is 59.7 Å². The lowest BCUT2D eigenvalue weighted by molar-refractivity contribution is 0.0919. The highest BCUT2D eigenvalue weighted by Gasteiger charge is 2.18. The zero-order valence-corrected chi connectivity index (χ0v) is 19.9. The average molecular weight is 535 g/mol. The van der Waals surface area contributed by atoms with Crippen molar-refractivity contribution in [2.45, 2.75) is 0 Å². The standard InChI is InChI=1S/C10H7N5O.C5H6N4.C4H5N3O2.2ClH/c1-2-11-8(12-3-1)9-14-6-7(15-9)10-13-4-5-16-10;6-4(7)5-8-2-1-3-9-5;5-7-3(8)4-6-1-2-9-4;;/h1-5H,6H2;1-3H,(H3,6,7);1-2H,5H2,(H,7,8);2*1H. The molecule has 0 unspecified atom stereocenters. The molecule has 0 spiro atoms. The maximum Gasteiger partial charge on any atom is 0.320 e. The molecule has 188 valence electrons. The van der Waals surface area contributed by atoms with Gasteiger partial charge in [0.15, 0.2) is 23.3 Å². The predicted molar refractivity (Wildman–Crippen MR) is 132 cm³/mol. The third-order valence-corrected chi connectivity index (χ3v) is 3.63. The van der Waals surface area contributed by atoms with Gasteiger partial charge in [0.2, 0.25) is 5.89 Å². The highest BCUT2D eigenvalue weighted by Crippen LogP contribution is 2.08. The number of amides is 1. The Morgan fingerprint density at radius 3 is 2.00 bits per heavy atom. The fourth-order valence-corrected chi connectivity index (χ4v) is 2.20. The smallest absolute Gasteiger partial charge is 0.320 e. The molecular formula is C19H20Cl2N12O3. The van der Waals surface area contributed by atoms with Gasteiger partial charge >= 0.3 is 5.91 Å². The maximum atomic E-state index is 10.5. The fraction of sp³-hybridized carbons (Fsp3) is 0.0526. The number of amidine groups is 2. The molecule has 6 N–H and O–H groups in total. The van der Waals surface area contributed by atoms with Crippen molar-refractivity contribution in [2.75, 3.05) is 6.54 Å². The molecule has 0 saturated carbocycles. The van der Waals surface area contributed by atoms with E-state index in [1.165, 1.54) is 18.7 Å². The summed E-state index contributed by atoms with van der Waals surface area (Å²) in [5.74, 6) is 5.91. The van der Waals surface area contributed by atoms with Crippen molar-refractivity contribution in [3.63, 3.8) is 0 Å². The number of nitrogens with zero attached hydrogens (tertiary/aromatic N) is 8. The molecule has 0 atom stereocenters. The molecule has 4 aromatic rings. The van der Waals surface area contributed by atoms with Crippen molar-refractivity contribution < 1.29 is 13.6 Å². The van der Waals surface area contributed by atoms with Crippen LogP contribution >= 0.6 is 24.8 Å². The summed E-state index contributed by atoms with van der Waals surface area (Å²) >= 11 is 0. The number of nitrogen functional groups attached to an aromatic ring is 2. The Morgan fingerprint density at radius 2 is 1.50 bits per heavy atom. The van der Waals surface area contributed by atoms with Crippen LogP contribution in [-0.2, 0) is 0 Å². The van der Waals surface area contributed by atoms with Crippen LogP contribution in [0.2, 0.25) is 0 Å². The molecule has 0 bridgehead atoms. The molecule has 36 heavy (non-hydrogen) atoms. The number of oxazole rings is 2. The Kier molecular flexibility index (Phi) is 12.5. The van der Waals surface area contributed by atoms with Gasteiger partial charge in [0.25, 0.3) is 5.89 Å². The number of nitrogens with one attached hydrogen (secondary N) is 2. The van der Waals surface area contributed by atoms with E-state index in [-0.39, 0.29) is 42.4 Å². The topological polar surface area (TPSA) is 233 Å². The first-order valence-electron chi connectivity index (χ1n) is 9.39. The molecule has 5 heterocycles. The first-order valence-corrected chi connectivity index (χ1v) is 9.39. The van der Waals surface area contributed by atoms with E-state index in [1.54, 1.807) is 43.1 Å². The van der Waals surface area contributed by atoms with E-state index in [2.05, 4.69) is 44.3 Å². The minimum Gasteiger partial charge on any atom is -0.444 e. The molecule has 5 rings (SSSR count). The summed E-state index contributed by atoms with van der Waals surface area (Å²) < 4.78 is 9.73.